The summed E-state index contributed by atoms with van der Waals surface area (Å²) in [5.74, 6) is -0.628. The van der Waals surface area contributed by atoms with Crippen molar-refractivity contribution in [3.63, 3.8) is 0 Å². The van der Waals surface area contributed by atoms with Gasteiger partial charge in [-0.05, 0) is 29.3 Å². The minimum absolute atomic E-state index is 0.00241. The first-order valence-electron chi connectivity index (χ1n) is 9.96. The van der Waals surface area contributed by atoms with Gasteiger partial charge in [-0.1, -0.05) is 24.3 Å². The normalized spacial score (nSPS) is 22.1. The molecule has 0 bridgehead atoms. The number of nitrogens with one attached hydrogen (secondary N) is 2. The van der Waals surface area contributed by atoms with Crippen LogP contribution in [0.5, 0.6) is 0 Å². The van der Waals surface area contributed by atoms with Gasteiger partial charge in [0.2, 0.25) is 5.91 Å². The van der Waals surface area contributed by atoms with E-state index >= 15 is 0 Å². The minimum Gasteiger partial charge on any atom is -0.438 e. The highest BCUT2D eigenvalue weighted by atomic mass is 19.1. The highest BCUT2D eigenvalue weighted by Gasteiger charge is 2.64. The van der Waals surface area contributed by atoms with E-state index in [1.807, 2.05) is 12.1 Å². The van der Waals surface area contributed by atoms with Gasteiger partial charge in [-0.25, -0.2) is 9.18 Å². The highest BCUT2D eigenvalue weighted by Crippen LogP contribution is 2.46. The van der Waals surface area contributed by atoms with Gasteiger partial charge in [0, 0.05) is 18.9 Å². The van der Waals surface area contributed by atoms with E-state index in [2.05, 4.69) is 15.8 Å². The van der Waals surface area contributed by atoms with Crippen molar-refractivity contribution >= 4 is 23.9 Å². The molecule has 2 fully saturated rings. The molecule has 31 heavy (non-hydrogen) atoms. The second kappa shape index (κ2) is 8.35. The Morgan fingerprint density at radius 3 is 2.81 bits per heavy atom. The van der Waals surface area contributed by atoms with Crippen molar-refractivity contribution in [1.29, 1.82) is 0 Å². The number of rotatable bonds is 7. The van der Waals surface area contributed by atoms with E-state index in [0.29, 0.717) is 29.8 Å². The fourth-order valence-corrected chi connectivity index (χ4v) is 3.68. The molecule has 1 saturated carbocycles. The Kier molecular flexibility index (Phi) is 5.60. The number of carbonyl (C=O) groups excluding carboxylic acids is 2. The van der Waals surface area contributed by atoms with E-state index in [1.165, 1.54) is 17.9 Å². The molecule has 9 heteroatoms. The Morgan fingerprint density at radius 2 is 2.13 bits per heavy atom. The average molecular weight is 426 g/mol. The topological polar surface area (TPSA) is 103 Å². The Morgan fingerprint density at radius 1 is 1.35 bits per heavy atom. The molecule has 1 aliphatic carbocycles. The lowest BCUT2D eigenvalue weighted by molar-refractivity contribution is -0.119. The maximum absolute atomic E-state index is 14.9. The number of aliphatic hydroxyl groups excluding tert-OH is 1. The SMILES string of the molecule is CC(=O)N[C@@H]1CC12CN(c1ccc(-c3ccc(/C=N/NCCO)cc3)c(F)c1)C(=O)O2. The molecule has 3 N–H and O–H groups in total. The summed E-state index contributed by atoms with van der Waals surface area (Å²) in [5, 5.41) is 15.4. The third-order valence-corrected chi connectivity index (χ3v) is 5.35. The monoisotopic (exact) mass is 426 g/mol. The van der Waals surface area contributed by atoms with Crippen molar-refractivity contribution in [2.45, 2.75) is 25.0 Å². The quantitative estimate of drug-likeness (QED) is 0.357. The van der Waals surface area contributed by atoms with Crippen LogP contribution in [0.3, 0.4) is 0 Å². The van der Waals surface area contributed by atoms with Gasteiger partial charge in [0.1, 0.15) is 5.82 Å². The summed E-state index contributed by atoms with van der Waals surface area (Å²) in [6, 6.07) is 11.6. The van der Waals surface area contributed by atoms with Crippen molar-refractivity contribution in [3.05, 3.63) is 53.8 Å². The van der Waals surface area contributed by atoms with Gasteiger partial charge in [0.05, 0.1) is 37.6 Å². The number of benzene rings is 2. The maximum atomic E-state index is 14.9. The smallest absolute Gasteiger partial charge is 0.415 e. The molecule has 2 aliphatic rings. The summed E-state index contributed by atoms with van der Waals surface area (Å²) >= 11 is 0. The van der Waals surface area contributed by atoms with E-state index in [-0.39, 0.29) is 25.1 Å². The molecule has 1 spiro atoms. The molecule has 2 aromatic carbocycles. The molecule has 0 aromatic heterocycles. The zero-order chi connectivity index (χ0) is 22.0. The van der Waals surface area contributed by atoms with Crippen LogP contribution < -0.4 is 15.6 Å². The highest BCUT2D eigenvalue weighted by molar-refractivity contribution is 5.92. The van der Waals surface area contributed by atoms with Gasteiger partial charge in [-0.2, -0.15) is 5.10 Å². The number of halogens is 1. The van der Waals surface area contributed by atoms with E-state index in [9.17, 15) is 14.0 Å². The minimum atomic E-state index is -0.721. The van der Waals surface area contributed by atoms with Crippen molar-refractivity contribution in [2.75, 3.05) is 24.6 Å². The summed E-state index contributed by atoms with van der Waals surface area (Å²) in [5.41, 5.74) is 4.32. The fourth-order valence-electron chi connectivity index (χ4n) is 3.68. The molecule has 1 aliphatic heterocycles. The van der Waals surface area contributed by atoms with Crippen molar-refractivity contribution in [1.82, 2.24) is 10.7 Å². The lowest BCUT2D eigenvalue weighted by atomic mass is 10.0. The first-order valence-corrected chi connectivity index (χ1v) is 9.96. The molecule has 2 amide bonds. The van der Waals surface area contributed by atoms with Gasteiger partial charge >= 0.3 is 6.09 Å². The zero-order valence-corrected chi connectivity index (χ0v) is 17.0. The van der Waals surface area contributed by atoms with Crippen LogP contribution in [0.15, 0.2) is 47.6 Å². The fraction of sp³-hybridized carbons (Fsp3) is 0.318. The summed E-state index contributed by atoms with van der Waals surface area (Å²) in [7, 11) is 0. The molecule has 8 nitrogen and oxygen atoms in total. The number of nitrogens with zero attached hydrogens (tertiary/aromatic N) is 2. The van der Waals surface area contributed by atoms with Crippen LogP contribution in [-0.2, 0) is 9.53 Å². The summed E-state index contributed by atoms with van der Waals surface area (Å²) in [6.45, 7) is 2.05. The van der Waals surface area contributed by atoms with Crippen LogP contribution in [0.1, 0.15) is 18.9 Å². The molecule has 1 heterocycles. The summed E-state index contributed by atoms with van der Waals surface area (Å²) in [4.78, 5) is 25.0. The van der Waals surface area contributed by atoms with E-state index in [4.69, 9.17) is 9.84 Å². The second-order valence-corrected chi connectivity index (χ2v) is 7.65. The largest absolute Gasteiger partial charge is 0.438 e. The van der Waals surface area contributed by atoms with Crippen LogP contribution in [0.25, 0.3) is 11.1 Å². The van der Waals surface area contributed by atoms with Gasteiger partial charge < -0.3 is 20.6 Å². The molecule has 2 atom stereocenters. The molecule has 1 unspecified atom stereocenters. The Labute approximate surface area is 178 Å². The number of hydrogen-bond donors (Lipinski definition) is 3. The first kappa shape index (κ1) is 20.8. The zero-order valence-electron chi connectivity index (χ0n) is 17.0. The van der Waals surface area contributed by atoms with Crippen LogP contribution in [-0.4, -0.2) is 54.7 Å². The van der Waals surface area contributed by atoms with Crippen molar-refractivity contribution in [2.24, 2.45) is 5.10 Å². The third kappa shape index (κ3) is 4.36. The van der Waals surface area contributed by atoms with Crippen molar-refractivity contribution < 1.29 is 23.8 Å². The number of ether oxygens (including phenoxy) is 1. The summed E-state index contributed by atoms with van der Waals surface area (Å²) < 4.78 is 20.3. The summed E-state index contributed by atoms with van der Waals surface area (Å²) in [6.07, 6.45) is 1.62. The van der Waals surface area contributed by atoms with Gasteiger partial charge in [0.15, 0.2) is 5.60 Å². The number of aliphatic hydroxyl groups is 1. The van der Waals surface area contributed by atoms with E-state index < -0.39 is 17.5 Å². The van der Waals surface area contributed by atoms with E-state index in [0.717, 1.165) is 5.56 Å². The number of anilines is 1. The molecular weight excluding hydrogens is 403 g/mol. The number of hydrogen-bond acceptors (Lipinski definition) is 6. The lowest BCUT2D eigenvalue weighted by Crippen LogP contribution is -2.33. The standard InChI is InChI=1S/C22H23FN4O4/c1-14(29)26-20-11-22(20)13-27(21(30)31-22)17-6-7-18(19(23)10-17)16-4-2-15(3-5-16)12-25-24-8-9-28/h2-7,10,12,20,24,28H,8-9,11,13H2,1H3,(H,26,29)/b25-12+/t20-,22?/m1/s1. The Bertz CT molecular complexity index is 1030. The van der Waals surface area contributed by atoms with Crippen LogP contribution in [0.2, 0.25) is 0 Å². The Balaban J connectivity index is 1.46. The Hall–Kier alpha value is -3.46. The molecule has 0 radical (unpaired) electrons. The third-order valence-electron chi connectivity index (χ3n) is 5.35. The number of hydrazone groups is 1. The first-order chi connectivity index (χ1) is 14.9. The van der Waals surface area contributed by atoms with E-state index in [1.54, 1.807) is 30.5 Å². The second-order valence-electron chi connectivity index (χ2n) is 7.65. The van der Waals surface area contributed by atoms with Crippen LogP contribution >= 0.6 is 0 Å². The van der Waals surface area contributed by atoms with Gasteiger partial charge in [-0.3, -0.25) is 9.69 Å². The van der Waals surface area contributed by atoms with Crippen LogP contribution in [0.4, 0.5) is 14.9 Å². The van der Waals surface area contributed by atoms with Crippen LogP contribution in [0, 0.1) is 5.82 Å². The predicted octanol–water partition coefficient (Wildman–Crippen LogP) is 2.01. The predicted molar refractivity (Wildman–Crippen MR) is 113 cm³/mol. The number of carbonyl (C=O) groups is 2. The molecule has 162 valence electrons. The van der Waals surface area contributed by atoms with Gasteiger partial charge in [-0.15, -0.1) is 0 Å². The average Bonchev–Trinajstić information content (AvgIpc) is 3.26. The molecule has 4 rings (SSSR count). The molecular formula is C22H23FN4O4. The van der Waals surface area contributed by atoms with Crippen molar-refractivity contribution in [3.8, 4) is 11.1 Å². The maximum Gasteiger partial charge on any atom is 0.415 e. The molecule has 2 aromatic rings. The number of amides is 2. The molecule has 1 saturated heterocycles. The van der Waals surface area contributed by atoms with Gasteiger partial charge in [0.25, 0.3) is 0 Å². The lowest BCUT2D eigenvalue weighted by Gasteiger charge is -2.14.